The van der Waals surface area contributed by atoms with Crippen LogP contribution in [0.25, 0.3) is 0 Å². The zero-order chi connectivity index (χ0) is 21.8. The second kappa shape index (κ2) is 9.96. The summed E-state index contributed by atoms with van der Waals surface area (Å²) >= 11 is 1.74. The van der Waals surface area contributed by atoms with Gasteiger partial charge in [-0.05, 0) is 36.3 Å². The lowest BCUT2D eigenvalue weighted by Gasteiger charge is -2.52. The van der Waals surface area contributed by atoms with Crippen molar-refractivity contribution in [2.75, 3.05) is 26.2 Å². The van der Waals surface area contributed by atoms with Gasteiger partial charge in [0.2, 0.25) is 0 Å². The third-order valence-electron chi connectivity index (χ3n) is 8.14. The van der Waals surface area contributed by atoms with Crippen molar-refractivity contribution in [3.63, 3.8) is 0 Å². The van der Waals surface area contributed by atoms with Crippen LogP contribution in [-0.2, 0) is 17.7 Å². The van der Waals surface area contributed by atoms with Crippen molar-refractivity contribution in [3.05, 3.63) is 58.3 Å². The standard InChI is InChI=1S/C27H37N2O2S/c30-27(28(24-11-4-5-12-24)20-25-13-7-19-32-25)31-26-21-29(17-14-23(26)15-18-29)16-6-10-22-8-2-1-3-9-22/h1-3,7-9,13,19,23-24,26H,4-6,10-12,14-18,20-21H2/q+1/t23?,26-,29?/m0/s1. The second-order valence-corrected chi connectivity index (χ2v) is 11.2. The number of hydrogen-bond acceptors (Lipinski definition) is 3. The summed E-state index contributed by atoms with van der Waals surface area (Å²) in [6.07, 6.45) is 9.49. The Labute approximate surface area is 196 Å². The molecular formula is C27H37N2O2S+. The van der Waals surface area contributed by atoms with Crippen LogP contribution in [0.5, 0.6) is 0 Å². The molecule has 4 aliphatic rings. The van der Waals surface area contributed by atoms with Gasteiger partial charge >= 0.3 is 6.09 Å². The number of rotatable bonds is 8. The van der Waals surface area contributed by atoms with Gasteiger partial charge in [0, 0.05) is 36.1 Å². The molecule has 172 valence electrons. The molecule has 4 fully saturated rings. The van der Waals surface area contributed by atoms with E-state index in [0.29, 0.717) is 18.5 Å². The van der Waals surface area contributed by atoms with Crippen molar-refractivity contribution in [3.8, 4) is 0 Å². The van der Waals surface area contributed by atoms with Crippen molar-refractivity contribution in [2.24, 2.45) is 5.92 Å². The van der Waals surface area contributed by atoms with E-state index in [1.165, 1.54) is 62.2 Å². The summed E-state index contributed by atoms with van der Waals surface area (Å²) in [5, 5.41) is 2.10. The number of thiophene rings is 1. The van der Waals surface area contributed by atoms with E-state index in [1.807, 2.05) is 0 Å². The summed E-state index contributed by atoms with van der Waals surface area (Å²) < 4.78 is 7.46. The molecule has 1 aromatic carbocycles. The molecule has 32 heavy (non-hydrogen) atoms. The molecule has 1 saturated carbocycles. The third-order valence-corrected chi connectivity index (χ3v) is 9.00. The molecule has 1 amide bonds. The average molecular weight is 454 g/mol. The van der Waals surface area contributed by atoms with Crippen LogP contribution in [0.2, 0.25) is 0 Å². The van der Waals surface area contributed by atoms with Gasteiger partial charge in [0.25, 0.3) is 0 Å². The lowest BCUT2D eigenvalue weighted by atomic mass is 9.83. The highest BCUT2D eigenvalue weighted by molar-refractivity contribution is 7.09. The van der Waals surface area contributed by atoms with Crippen LogP contribution in [0, 0.1) is 5.92 Å². The number of amides is 1. The number of fused-ring (bicyclic) bond motifs is 3. The number of carbonyl (C=O) groups excluding carboxylic acids is 1. The Morgan fingerprint density at radius 3 is 2.53 bits per heavy atom. The first kappa shape index (κ1) is 22.0. The van der Waals surface area contributed by atoms with Gasteiger partial charge in [-0.1, -0.05) is 49.2 Å². The Bertz CT molecular complexity index is 855. The van der Waals surface area contributed by atoms with E-state index >= 15 is 0 Å². The van der Waals surface area contributed by atoms with Gasteiger partial charge in [-0.15, -0.1) is 11.3 Å². The molecule has 3 aliphatic heterocycles. The van der Waals surface area contributed by atoms with E-state index in [4.69, 9.17) is 4.74 Å². The average Bonchev–Trinajstić information content (AvgIpc) is 3.53. The van der Waals surface area contributed by atoms with Crippen LogP contribution in [0.3, 0.4) is 0 Å². The summed E-state index contributed by atoms with van der Waals surface area (Å²) in [6.45, 7) is 5.44. The minimum atomic E-state index is -0.0634. The van der Waals surface area contributed by atoms with Gasteiger partial charge in [-0.3, -0.25) is 0 Å². The summed E-state index contributed by atoms with van der Waals surface area (Å²) in [4.78, 5) is 16.7. The van der Waals surface area contributed by atoms with Crippen molar-refractivity contribution >= 4 is 17.4 Å². The lowest BCUT2D eigenvalue weighted by Crippen LogP contribution is -2.65. The normalized spacial score (nSPS) is 27.5. The van der Waals surface area contributed by atoms with E-state index in [9.17, 15) is 4.79 Å². The fraction of sp³-hybridized carbons (Fsp3) is 0.593. The number of nitrogens with zero attached hydrogens (tertiary/aromatic N) is 2. The van der Waals surface area contributed by atoms with Crippen molar-refractivity contribution in [1.82, 2.24) is 4.90 Å². The highest BCUT2D eigenvalue weighted by atomic mass is 32.1. The van der Waals surface area contributed by atoms with E-state index in [-0.39, 0.29) is 12.2 Å². The Morgan fingerprint density at radius 1 is 1.03 bits per heavy atom. The second-order valence-electron chi connectivity index (χ2n) is 10.2. The van der Waals surface area contributed by atoms with E-state index < -0.39 is 0 Å². The van der Waals surface area contributed by atoms with E-state index in [2.05, 4.69) is 52.7 Å². The largest absolute Gasteiger partial charge is 0.440 e. The molecule has 6 rings (SSSR count). The molecule has 4 nitrogen and oxygen atoms in total. The van der Waals surface area contributed by atoms with Gasteiger partial charge < -0.3 is 14.1 Å². The quantitative estimate of drug-likeness (QED) is 0.468. The van der Waals surface area contributed by atoms with Crippen molar-refractivity contribution in [2.45, 2.75) is 70.1 Å². The molecule has 3 saturated heterocycles. The summed E-state index contributed by atoms with van der Waals surface area (Å²) in [6, 6.07) is 15.4. The van der Waals surface area contributed by atoms with Crippen LogP contribution >= 0.6 is 11.3 Å². The van der Waals surface area contributed by atoms with Gasteiger partial charge in [-0.2, -0.15) is 0 Å². The predicted molar refractivity (Wildman–Crippen MR) is 130 cm³/mol. The molecular weight excluding hydrogens is 416 g/mol. The van der Waals surface area contributed by atoms with Crippen LogP contribution in [0.1, 0.15) is 55.4 Å². The maximum Gasteiger partial charge on any atom is 0.410 e. The number of quaternary nitrogens is 1. The maximum absolute atomic E-state index is 13.4. The number of aryl methyl sites for hydroxylation is 1. The fourth-order valence-corrected chi connectivity index (χ4v) is 6.96. The molecule has 0 N–H and O–H groups in total. The van der Waals surface area contributed by atoms with Crippen LogP contribution in [0.4, 0.5) is 4.79 Å². The zero-order valence-corrected chi connectivity index (χ0v) is 20.0. The molecule has 5 heteroatoms. The molecule has 0 radical (unpaired) electrons. The minimum Gasteiger partial charge on any atom is -0.440 e. The molecule has 1 aromatic heterocycles. The van der Waals surface area contributed by atoms with Crippen LogP contribution < -0.4 is 0 Å². The molecule has 2 bridgehead atoms. The zero-order valence-electron chi connectivity index (χ0n) is 19.2. The van der Waals surface area contributed by atoms with Gasteiger partial charge in [0.1, 0.15) is 6.54 Å². The number of carbonyl (C=O) groups is 1. The highest BCUT2D eigenvalue weighted by Crippen LogP contribution is 2.37. The highest BCUT2D eigenvalue weighted by Gasteiger charge is 2.47. The first-order valence-electron chi connectivity index (χ1n) is 12.6. The summed E-state index contributed by atoms with van der Waals surface area (Å²) in [7, 11) is 0. The smallest absolute Gasteiger partial charge is 0.410 e. The lowest BCUT2D eigenvalue weighted by molar-refractivity contribution is -0.946. The van der Waals surface area contributed by atoms with E-state index in [1.54, 1.807) is 11.3 Å². The fourth-order valence-electron chi connectivity index (χ4n) is 6.26. The van der Waals surface area contributed by atoms with Crippen LogP contribution in [0.15, 0.2) is 47.8 Å². The van der Waals surface area contributed by atoms with Crippen molar-refractivity contribution < 1.29 is 14.0 Å². The summed E-state index contributed by atoms with van der Waals surface area (Å²) in [5.41, 5.74) is 1.43. The number of hydrogen-bond donors (Lipinski definition) is 0. The third kappa shape index (κ3) is 5.04. The number of ether oxygens (including phenoxy) is 1. The van der Waals surface area contributed by atoms with Gasteiger partial charge in [-0.25, -0.2) is 4.79 Å². The van der Waals surface area contributed by atoms with Gasteiger partial charge in [0.05, 0.1) is 26.2 Å². The topological polar surface area (TPSA) is 29.5 Å². The monoisotopic (exact) mass is 453 g/mol. The first-order chi connectivity index (χ1) is 15.7. The molecule has 1 aliphatic carbocycles. The number of piperidine rings is 3. The SMILES string of the molecule is O=C(O[C@H]1C[N+]2(CCCc3ccccc3)CCC1CC2)N(Cc1cccs1)C1CCCC1. The van der Waals surface area contributed by atoms with Crippen LogP contribution in [-0.4, -0.2) is 53.8 Å². The maximum atomic E-state index is 13.4. The number of benzene rings is 1. The Hall–Kier alpha value is -1.85. The predicted octanol–water partition coefficient (Wildman–Crippen LogP) is 5.87. The Morgan fingerprint density at radius 2 is 1.81 bits per heavy atom. The summed E-state index contributed by atoms with van der Waals surface area (Å²) in [5.74, 6) is 0.556. The molecule has 0 spiro atoms. The molecule has 0 unspecified atom stereocenters. The molecule has 4 heterocycles. The molecule has 1 atom stereocenters. The Kier molecular flexibility index (Phi) is 6.84. The Balaban J connectivity index is 1.20. The minimum absolute atomic E-state index is 0.0634. The van der Waals surface area contributed by atoms with Crippen molar-refractivity contribution in [1.29, 1.82) is 0 Å². The first-order valence-corrected chi connectivity index (χ1v) is 13.5. The van der Waals surface area contributed by atoms with E-state index in [0.717, 1.165) is 30.3 Å². The van der Waals surface area contributed by atoms with Gasteiger partial charge in [0.15, 0.2) is 6.10 Å². The molecule has 2 aromatic rings.